The number of ether oxygens (including phenoxy) is 1. The minimum absolute atomic E-state index is 0.282. The van der Waals surface area contributed by atoms with Crippen LogP contribution in [0.25, 0.3) is 0 Å². The lowest BCUT2D eigenvalue weighted by atomic mass is 9.76. The van der Waals surface area contributed by atoms with Crippen molar-refractivity contribution in [1.82, 2.24) is 0 Å². The zero-order valence-electron chi connectivity index (χ0n) is 13.6. The first-order valence-corrected chi connectivity index (χ1v) is 9.39. The van der Waals surface area contributed by atoms with Gasteiger partial charge < -0.3 is 4.74 Å². The third kappa shape index (κ3) is 3.36. The Labute approximate surface area is 149 Å². The topological polar surface area (TPSA) is 52.6 Å². The summed E-state index contributed by atoms with van der Waals surface area (Å²) in [6.45, 7) is -0.338. The third-order valence-electron chi connectivity index (χ3n) is 4.48. The van der Waals surface area contributed by atoms with E-state index in [1.54, 1.807) is 24.3 Å². The van der Waals surface area contributed by atoms with Crippen molar-refractivity contribution in [1.29, 1.82) is 0 Å². The SMILES string of the molecule is O=S(=O)(OCC1CCOC1(c1ccccc1)c1ccccc1)C(F)(F)F. The smallest absolute Gasteiger partial charge is 0.365 e. The summed E-state index contributed by atoms with van der Waals surface area (Å²) in [6, 6.07) is 18.1. The standard InChI is InChI=1S/C18H17F3O4S/c19-18(20,21)26(22,23)25-13-16-11-12-24-17(16,14-7-3-1-4-8-14)15-9-5-2-6-10-15/h1-10,16H,11-13H2. The molecule has 1 aliphatic heterocycles. The molecule has 1 aliphatic rings. The second-order valence-electron chi connectivity index (χ2n) is 5.99. The van der Waals surface area contributed by atoms with Crippen LogP contribution in [-0.2, 0) is 24.6 Å². The number of halogens is 3. The van der Waals surface area contributed by atoms with Gasteiger partial charge in [0, 0.05) is 12.5 Å². The maximum absolute atomic E-state index is 12.6. The molecule has 0 amide bonds. The van der Waals surface area contributed by atoms with Gasteiger partial charge in [-0.2, -0.15) is 21.6 Å². The van der Waals surface area contributed by atoms with E-state index in [0.29, 0.717) is 6.42 Å². The maximum atomic E-state index is 12.6. The van der Waals surface area contributed by atoms with Crippen molar-refractivity contribution in [2.45, 2.75) is 17.5 Å². The van der Waals surface area contributed by atoms with E-state index >= 15 is 0 Å². The maximum Gasteiger partial charge on any atom is 0.523 e. The molecule has 0 N–H and O–H groups in total. The molecule has 26 heavy (non-hydrogen) atoms. The molecule has 0 saturated carbocycles. The normalized spacial score (nSPS) is 20.2. The highest BCUT2D eigenvalue weighted by Crippen LogP contribution is 2.47. The summed E-state index contributed by atoms with van der Waals surface area (Å²) in [5.41, 5.74) is -5.04. The highest BCUT2D eigenvalue weighted by Gasteiger charge is 2.51. The molecule has 2 aromatic carbocycles. The van der Waals surface area contributed by atoms with Crippen molar-refractivity contribution < 1.29 is 30.5 Å². The van der Waals surface area contributed by atoms with E-state index in [1.165, 1.54) is 0 Å². The lowest BCUT2D eigenvalue weighted by Crippen LogP contribution is -2.38. The van der Waals surface area contributed by atoms with Gasteiger partial charge in [-0.3, -0.25) is 4.18 Å². The molecule has 3 rings (SSSR count). The second kappa shape index (κ2) is 7.02. The van der Waals surface area contributed by atoms with Crippen LogP contribution < -0.4 is 0 Å². The summed E-state index contributed by atoms with van der Waals surface area (Å²) < 4.78 is 70.8. The Balaban J connectivity index is 1.99. The minimum atomic E-state index is -5.66. The van der Waals surface area contributed by atoms with Gasteiger partial charge >= 0.3 is 15.6 Å². The van der Waals surface area contributed by atoms with Crippen molar-refractivity contribution in [2.24, 2.45) is 5.92 Å². The fraction of sp³-hybridized carbons (Fsp3) is 0.333. The summed E-state index contributed by atoms with van der Waals surface area (Å²) in [6.07, 6.45) is 0.372. The Hall–Kier alpha value is -1.90. The fourth-order valence-corrected chi connectivity index (χ4v) is 3.78. The van der Waals surface area contributed by atoms with Gasteiger partial charge in [0.1, 0.15) is 5.60 Å². The Kier molecular flexibility index (Phi) is 5.09. The molecule has 4 nitrogen and oxygen atoms in total. The van der Waals surface area contributed by atoms with Crippen LogP contribution in [0, 0.1) is 5.92 Å². The van der Waals surface area contributed by atoms with Crippen LogP contribution in [0.4, 0.5) is 13.2 Å². The molecule has 0 bridgehead atoms. The van der Waals surface area contributed by atoms with Gasteiger partial charge in [0.15, 0.2) is 0 Å². The second-order valence-corrected chi connectivity index (χ2v) is 7.59. The molecule has 0 aliphatic carbocycles. The van der Waals surface area contributed by atoms with Crippen molar-refractivity contribution in [3.05, 3.63) is 71.8 Å². The van der Waals surface area contributed by atoms with E-state index in [1.807, 2.05) is 36.4 Å². The van der Waals surface area contributed by atoms with Crippen LogP contribution in [0.15, 0.2) is 60.7 Å². The van der Waals surface area contributed by atoms with Crippen molar-refractivity contribution in [2.75, 3.05) is 13.2 Å². The molecule has 0 spiro atoms. The molecule has 1 fully saturated rings. The van der Waals surface area contributed by atoms with Crippen LogP contribution in [0.1, 0.15) is 17.5 Å². The largest absolute Gasteiger partial charge is 0.523 e. The van der Waals surface area contributed by atoms with Gasteiger partial charge in [-0.1, -0.05) is 60.7 Å². The summed E-state index contributed by atoms with van der Waals surface area (Å²) in [4.78, 5) is 0. The zero-order valence-corrected chi connectivity index (χ0v) is 14.5. The van der Waals surface area contributed by atoms with E-state index in [4.69, 9.17) is 4.74 Å². The molecule has 1 heterocycles. The molecule has 2 aromatic rings. The van der Waals surface area contributed by atoms with Crippen molar-refractivity contribution in [3.8, 4) is 0 Å². The Morgan fingerprint density at radius 2 is 1.50 bits per heavy atom. The van der Waals surface area contributed by atoms with Crippen LogP contribution in [-0.4, -0.2) is 27.1 Å². The quantitative estimate of drug-likeness (QED) is 0.579. The van der Waals surface area contributed by atoms with E-state index in [-0.39, 0.29) is 6.61 Å². The van der Waals surface area contributed by atoms with Crippen LogP contribution in [0.3, 0.4) is 0 Å². The van der Waals surface area contributed by atoms with E-state index in [2.05, 4.69) is 4.18 Å². The summed E-state index contributed by atoms with van der Waals surface area (Å²) >= 11 is 0. The lowest BCUT2D eigenvalue weighted by molar-refractivity contribution is -0.0578. The van der Waals surface area contributed by atoms with Gasteiger partial charge in [0.2, 0.25) is 0 Å². The number of hydrogen-bond acceptors (Lipinski definition) is 4. The number of benzene rings is 2. The van der Waals surface area contributed by atoms with Gasteiger partial charge in [0.25, 0.3) is 0 Å². The predicted octanol–water partition coefficient (Wildman–Crippen LogP) is 3.83. The van der Waals surface area contributed by atoms with Crippen LogP contribution in [0.2, 0.25) is 0 Å². The van der Waals surface area contributed by atoms with Crippen molar-refractivity contribution >= 4 is 10.1 Å². The van der Waals surface area contributed by atoms with Gasteiger partial charge in [-0.05, 0) is 17.5 Å². The molecule has 140 valence electrons. The Bertz CT molecular complexity index is 796. The fourth-order valence-electron chi connectivity index (χ4n) is 3.30. The monoisotopic (exact) mass is 386 g/mol. The molecular formula is C18H17F3O4S. The number of alkyl halides is 3. The van der Waals surface area contributed by atoms with E-state index < -0.39 is 33.8 Å². The zero-order chi connectivity index (χ0) is 18.8. The summed E-state index contributed by atoms with van der Waals surface area (Å²) in [5.74, 6) is -0.593. The molecule has 0 aromatic heterocycles. The summed E-state index contributed by atoms with van der Waals surface area (Å²) in [7, 11) is -5.66. The molecule has 0 radical (unpaired) electrons. The predicted molar refractivity (Wildman–Crippen MR) is 88.6 cm³/mol. The van der Waals surface area contributed by atoms with Gasteiger partial charge in [-0.25, -0.2) is 0 Å². The average Bonchev–Trinajstić information content (AvgIpc) is 3.05. The van der Waals surface area contributed by atoms with Gasteiger partial charge in [-0.15, -0.1) is 0 Å². The third-order valence-corrected chi connectivity index (χ3v) is 5.50. The molecular weight excluding hydrogens is 369 g/mol. The highest BCUT2D eigenvalue weighted by atomic mass is 32.2. The lowest BCUT2D eigenvalue weighted by Gasteiger charge is -2.35. The molecule has 1 saturated heterocycles. The average molecular weight is 386 g/mol. The minimum Gasteiger partial charge on any atom is -0.365 e. The van der Waals surface area contributed by atoms with Gasteiger partial charge in [0.05, 0.1) is 6.61 Å². The number of rotatable bonds is 5. The molecule has 8 heteroatoms. The first kappa shape index (κ1) is 18.9. The van der Waals surface area contributed by atoms with Crippen molar-refractivity contribution in [3.63, 3.8) is 0 Å². The van der Waals surface area contributed by atoms with Crippen LogP contribution in [0.5, 0.6) is 0 Å². The molecule has 1 atom stereocenters. The summed E-state index contributed by atoms with van der Waals surface area (Å²) in [5, 5.41) is 0. The van der Waals surface area contributed by atoms with Crippen LogP contribution >= 0.6 is 0 Å². The Morgan fingerprint density at radius 1 is 1.00 bits per heavy atom. The van der Waals surface area contributed by atoms with E-state index in [9.17, 15) is 21.6 Å². The number of hydrogen-bond donors (Lipinski definition) is 0. The first-order chi connectivity index (χ1) is 12.3. The highest BCUT2D eigenvalue weighted by molar-refractivity contribution is 7.87. The Morgan fingerprint density at radius 3 is 1.96 bits per heavy atom. The molecule has 1 unspecified atom stereocenters. The first-order valence-electron chi connectivity index (χ1n) is 7.98. The van der Waals surface area contributed by atoms with E-state index in [0.717, 1.165) is 11.1 Å².